The van der Waals surface area contributed by atoms with Crippen molar-refractivity contribution in [3.8, 4) is 0 Å². The molecule has 0 aliphatic heterocycles. The van der Waals surface area contributed by atoms with Crippen LogP contribution in [0.3, 0.4) is 0 Å². The third-order valence-electron chi connectivity index (χ3n) is 1.65. The monoisotopic (exact) mass is 226 g/mol. The summed E-state index contributed by atoms with van der Waals surface area (Å²) < 4.78 is 4.34. The lowest BCUT2D eigenvalue weighted by Gasteiger charge is -2.00. The van der Waals surface area contributed by atoms with E-state index >= 15 is 0 Å². The molecule has 0 atom stereocenters. The lowest BCUT2D eigenvalue weighted by molar-refractivity contribution is 0.171. The molecule has 0 radical (unpaired) electrons. The van der Waals surface area contributed by atoms with Crippen LogP contribution in [0.5, 0.6) is 0 Å². The fourth-order valence-corrected chi connectivity index (χ4v) is 1.15. The Morgan fingerprint density at radius 3 is 2.73 bits per heavy atom. The topological polar surface area (TPSA) is 50.7 Å². The van der Waals surface area contributed by atoms with Crippen molar-refractivity contribution in [2.75, 3.05) is 7.11 Å². The fraction of sp³-hybridized carbons (Fsp3) is 0.200. The van der Waals surface area contributed by atoms with E-state index in [2.05, 4.69) is 15.3 Å². The second-order valence-corrected chi connectivity index (χ2v) is 3.19. The van der Waals surface area contributed by atoms with Gasteiger partial charge in [0.1, 0.15) is 5.17 Å². The van der Waals surface area contributed by atoms with Crippen molar-refractivity contribution < 1.29 is 9.53 Å². The molecule has 0 aromatic heterocycles. The predicted octanol–water partition coefficient (Wildman–Crippen LogP) is 2.14. The van der Waals surface area contributed by atoms with Gasteiger partial charge in [-0.3, -0.25) is 0 Å². The Hall–Kier alpha value is -1.55. The van der Waals surface area contributed by atoms with Gasteiger partial charge in [0, 0.05) is 6.42 Å². The van der Waals surface area contributed by atoms with Crippen LogP contribution >= 0.6 is 11.6 Å². The quantitative estimate of drug-likeness (QED) is 0.634. The second-order valence-electron chi connectivity index (χ2n) is 2.75. The molecule has 1 amide bonds. The number of methoxy groups -OCH3 is 1. The van der Waals surface area contributed by atoms with Crippen molar-refractivity contribution in [1.82, 2.24) is 5.43 Å². The lowest BCUT2D eigenvalue weighted by atomic mass is 10.2. The van der Waals surface area contributed by atoms with Crippen LogP contribution in [0.15, 0.2) is 35.4 Å². The molecular weight excluding hydrogens is 216 g/mol. The number of benzene rings is 1. The number of nitrogens with zero attached hydrogens (tertiary/aromatic N) is 1. The van der Waals surface area contributed by atoms with E-state index in [1.807, 2.05) is 30.3 Å². The Labute approximate surface area is 92.9 Å². The van der Waals surface area contributed by atoms with Crippen molar-refractivity contribution in [1.29, 1.82) is 0 Å². The molecule has 1 aromatic rings. The highest BCUT2D eigenvalue weighted by Crippen LogP contribution is 2.02. The summed E-state index contributed by atoms with van der Waals surface area (Å²) in [7, 11) is 1.26. The van der Waals surface area contributed by atoms with Crippen LogP contribution in [0.25, 0.3) is 0 Å². The average Bonchev–Trinajstić information content (AvgIpc) is 2.27. The second kappa shape index (κ2) is 6.03. The highest BCUT2D eigenvalue weighted by molar-refractivity contribution is 6.65. The highest BCUT2D eigenvalue weighted by Gasteiger charge is 1.99. The summed E-state index contributed by atoms with van der Waals surface area (Å²) in [6.45, 7) is 0. The summed E-state index contributed by atoms with van der Waals surface area (Å²) in [4.78, 5) is 10.7. The van der Waals surface area contributed by atoms with Crippen molar-refractivity contribution in [3.05, 3.63) is 35.9 Å². The van der Waals surface area contributed by atoms with Crippen molar-refractivity contribution in [2.45, 2.75) is 6.42 Å². The molecule has 0 saturated carbocycles. The number of nitrogens with one attached hydrogen (secondary N) is 1. The molecular formula is C10H11ClN2O2. The number of rotatable bonds is 3. The van der Waals surface area contributed by atoms with Gasteiger partial charge in [-0.2, -0.15) is 5.10 Å². The van der Waals surface area contributed by atoms with Gasteiger partial charge in [-0.15, -0.1) is 0 Å². The van der Waals surface area contributed by atoms with Crippen LogP contribution in [-0.4, -0.2) is 18.4 Å². The zero-order valence-corrected chi connectivity index (χ0v) is 8.99. The zero-order valence-electron chi connectivity index (χ0n) is 8.24. The van der Waals surface area contributed by atoms with Gasteiger partial charge in [-0.25, -0.2) is 10.2 Å². The Morgan fingerprint density at radius 1 is 1.47 bits per heavy atom. The van der Waals surface area contributed by atoms with Crippen LogP contribution in [-0.2, 0) is 11.2 Å². The zero-order chi connectivity index (χ0) is 11.1. The minimum atomic E-state index is -0.638. The van der Waals surface area contributed by atoms with Gasteiger partial charge in [-0.05, 0) is 5.56 Å². The first-order valence-corrected chi connectivity index (χ1v) is 4.70. The predicted molar refractivity (Wildman–Crippen MR) is 59.0 cm³/mol. The number of carbonyl (C=O) groups excluding carboxylic acids is 1. The maximum atomic E-state index is 10.7. The first-order valence-electron chi connectivity index (χ1n) is 4.32. The van der Waals surface area contributed by atoms with Gasteiger partial charge in [0.25, 0.3) is 0 Å². The Kier molecular flexibility index (Phi) is 4.63. The number of halogens is 1. The molecule has 0 unspecified atom stereocenters. The summed E-state index contributed by atoms with van der Waals surface area (Å²) >= 11 is 5.80. The number of ether oxygens (including phenoxy) is 1. The molecule has 15 heavy (non-hydrogen) atoms. The summed E-state index contributed by atoms with van der Waals surface area (Å²) in [5.74, 6) is 0. The standard InChI is InChI=1S/C10H11ClN2O2/c1-15-10(14)13-12-9(11)7-8-5-3-2-4-6-8/h2-6H,7H2,1H3,(H,13,14)/b12-9+. The summed E-state index contributed by atoms with van der Waals surface area (Å²) in [5.41, 5.74) is 3.17. The highest BCUT2D eigenvalue weighted by atomic mass is 35.5. The van der Waals surface area contributed by atoms with Gasteiger partial charge in [0.2, 0.25) is 0 Å². The van der Waals surface area contributed by atoms with E-state index in [-0.39, 0.29) is 0 Å². The average molecular weight is 227 g/mol. The molecule has 80 valence electrons. The van der Waals surface area contributed by atoms with E-state index in [0.717, 1.165) is 5.56 Å². The minimum Gasteiger partial charge on any atom is -0.452 e. The van der Waals surface area contributed by atoms with Crippen LogP contribution in [0.4, 0.5) is 4.79 Å². The van der Waals surface area contributed by atoms with Crippen molar-refractivity contribution >= 4 is 22.9 Å². The summed E-state index contributed by atoms with van der Waals surface area (Å²) in [6, 6.07) is 9.59. The Balaban J connectivity index is 2.48. The summed E-state index contributed by atoms with van der Waals surface area (Å²) in [6.07, 6.45) is -0.159. The Bertz CT molecular complexity index is 352. The normalized spacial score (nSPS) is 10.9. The molecule has 0 aliphatic carbocycles. The van der Waals surface area contributed by atoms with Crippen LogP contribution in [0.1, 0.15) is 5.56 Å². The molecule has 5 heteroatoms. The van der Waals surface area contributed by atoms with Crippen molar-refractivity contribution in [2.24, 2.45) is 5.10 Å². The molecule has 0 bridgehead atoms. The van der Waals surface area contributed by atoms with E-state index in [1.54, 1.807) is 0 Å². The Morgan fingerprint density at radius 2 is 2.13 bits per heavy atom. The first-order chi connectivity index (χ1) is 7.22. The van der Waals surface area contributed by atoms with Crippen LogP contribution in [0.2, 0.25) is 0 Å². The van der Waals surface area contributed by atoms with Gasteiger partial charge < -0.3 is 4.74 Å². The van der Waals surface area contributed by atoms with E-state index in [1.165, 1.54) is 7.11 Å². The SMILES string of the molecule is COC(=O)N/N=C(/Cl)Cc1ccccc1. The summed E-state index contributed by atoms with van der Waals surface area (Å²) in [5, 5.41) is 3.95. The molecule has 0 aliphatic rings. The molecule has 0 saturated heterocycles. The molecule has 1 N–H and O–H groups in total. The molecule has 0 fully saturated rings. The van der Waals surface area contributed by atoms with E-state index in [9.17, 15) is 4.79 Å². The van der Waals surface area contributed by atoms with Crippen LogP contribution < -0.4 is 5.43 Å². The number of amides is 1. The molecule has 1 aromatic carbocycles. The smallest absolute Gasteiger partial charge is 0.427 e. The molecule has 0 spiro atoms. The minimum absolute atomic E-state index is 0.298. The molecule has 4 nitrogen and oxygen atoms in total. The number of hydrogen-bond donors (Lipinski definition) is 1. The van der Waals surface area contributed by atoms with Gasteiger partial charge in [-0.1, -0.05) is 41.9 Å². The van der Waals surface area contributed by atoms with Crippen molar-refractivity contribution in [3.63, 3.8) is 0 Å². The number of carbonyl (C=O) groups is 1. The van der Waals surface area contributed by atoms with Crippen LogP contribution in [0, 0.1) is 0 Å². The van der Waals surface area contributed by atoms with E-state index in [4.69, 9.17) is 11.6 Å². The number of hydrogen-bond acceptors (Lipinski definition) is 3. The largest absolute Gasteiger partial charge is 0.452 e. The van der Waals surface area contributed by atoms with Gasteiger partial charge in [0.05, 0.1) is 7.11 Å². The van der Waals surface area contributed by atoms with E-state index in [0.29, 0.717) is 11.6 Å². The first kappa shape index (κ1) is 11.5. The fourth-order valence-electron chi connectivity index (χ4n) is 0.956. The third-order valence-corrected chi connectivity index (χ3v) is 1.86. The molecule has 1 rings (SSSR count). The van der Waals surface area contributed by atoms with Gasteiger partial charge in [0.15, 0.2) is 0 Å². The molecule has 0 heterocycles. The van der Waals surface area contributed by atoms with E-state index < -0.39 is 6.09 Å². The third kappa shape index (κ3) is 4.46. The van der Waals surface area contributed by atoms with Gasteiger partial charge >= 0.3 is 6.09 Å². The maximum absolute atomic E-state index is 10.7. The number of hydrazone groups is 1. The lowest BCUT2D eigenvalue weighted by Crippen LogP contribution is -2.18. The maximum Gasteiger partial charge on any atom is 0.427 e.